The molecule has 0 spiro atoms. The van der Waals surface area contributed by atoms with Gasteiger partial charge in [-0.15, -0.1) is 0 Å². The Hall–Kier alpha value is -1.31. The van der Waals surface area contributed by atoms with Crippen LogP contribution in [0, 0.1) is 13.8 Å². The van der Waals surface area contributed by atoms with Gasteiger partial charge in [-0.1, -0.05) is 25.1 Å². The van der Waals surface area contributed by atoms with Crippen LogP contribution in [0.3, 0.4) is 0 Å². The summed E-state index contributed by atoms with van der Waals surface area (Å²) in [6.07, 6.45) is 1.17. The Morgan fingerprint density at radius 2 is 2.06 bits per heavy atom. The van der Waals surface area contributed by atoms with E-state index in [0.717, 1.165) is 12.0 Å². The molecule has 0 amide bonds. The van der Waals surface area contributed by atoms with Crippen molar-refractivity contribution in [3.63, 3.8) is 0 Å². The predicted molar refractivity (Wildman–Crippen MR) is 65.3 cm³/mol. The number of esters is 1. The highest BCUT2D eigenvalue weighted by atomic mass is 16.5. The summed E-state index contributed by atoms with van der Waals surface area (Å²) in [6, 6.07) is 6.09. The van der Waals surface area contributed by atoms with E-state index < -0.39 is 0 Å². The van der Waals surface area contributed by atoms with Gasteiger partial charge in [0, 0.05) is 6.42 Å². The number of carbonyl (C=O) groups is 1. The molecule has 1 rings (SSSR count). The van der Waals surface area contributed by atoms with Gasteiger partial charge in [0.2, 0.25) is 0 Å². The molecule has 0 bridgehead atoms. The van der Waals surface area contributed by atoms with Crippen LogP contribution in [0.5, 0.6) is 0 Å². The molecular formula is C14H20O2. The van der Waals surface area contributed by atoms with E-state index in [1.165, 1.54) is 11.1 Å². The summed E-state index contributed by atoms with van der Waals surface area (Å²) in [4.78, 5) is 11.4. The normalized spacial score (nSPS) is 12.2. The largest absolute Gasteiger partial charge is 0.458 e. The Bertz CT molecular complexity index is 369. The third-order valence-electron chi connectivity index (χ3n) is 2.85. The Labute approximate surface area is 97.6 Å². The summed E-state index contributed by atoms with van der Waals surface area (Å²) in [6.45, 7) is 8.04. The quantitative estimate of drug-likeness (QED) is 0.723. The first kappa shape index (κ1) is 12.8. The van der Waals surface area contributed by atoms with Crippen LogP contribution in [0.1, 0.15) is 49.5 Å². The first-order chi connectivity index (χ1) is 7.56. The minimum atomic E-state index is -0.154. The Morgan fingerprint density at radius 3 is 2.69 bits per heavy atom. The third kappa shape index (κ3) is 3.09. The molecular weight excluding hydrogens is 200 g/mol. The smallest absolute Gasteiger partial charge is 0.306 e. The number of ether oxygens (including phenoxy) is 1. The van der Waals surface area contributed by atoms with Crippen molar-refractivity contribution in [2.45, 2.75) is 46.6 Å². The van der Waals surface area contributed by atoms with Crippen LogP contribution < -0.4 is 0 Å². The molecule has 0 fully saturated rings. The second kappa shape index (κ2) is 5.69. The van der Waals surface area contributed by atoms with Crippen LogP contribution in [-0.2, 0) is 9.53 Å². The van der Waals surface area contributed by atoms with E-state index in [-0.39, 0.29) is 12.1 Å². The minimum absolute atomic E-state index is 0.115. The molecule has 0 saturated heterocycles. The highest BCUT2D eigenvalue weighted by molar-refractivity contribution is 5.69. The highest BCUT2D eigenvalue weighted by Crippen LogP contribution is 2.23. The number of hydrogen-bond donors (Lipinski definition) is 0. The fraction of sp³-hybridized carbons (Fsp3) is 0.500. The molecule has 2 heteroatoms. The van der Waals surface area contributed by atoms with Gasteiger partial charge in [0.1, 0.15) is 6.10 Å². The van der Waals surface area contributed by atoms with Crippen molar-refractivity contribution in [1.82, 2.24) is 0 Å². The summed E-state index contributed by atoms with van der Waals surface area (Å²) >= 11 is 0. The molecule has 1 atom stereocenters. The van der Waals surface area contributed by atoms with Crippen molar-refractivity contribution in [3.05, 3.63) is 34.9 Å². The Kier molecular flexibility index (Phi) is 4.53. The molecule has 0 aliphatic heterocycles. The molecule has 0 aliphatic rings. The molecule has 0 N–H and O–H groups in total. The van der Waals surface area contributed by atoms with Gasteiger partial charge in [-0.25, -0.2) is 0 Å². The van der Waals surface area contributed by atoms with E-state index in [4.69, 9.17) is 4.74 Å². The summed E-state index contributed by atoms with van der Waals surface area (Å²) in [5.41, 5.74) is 3.54. The van der Waals surface area contributed by atoms with E-state index in [1.54, 1.807) is 0 Å². The molecule has 1 unspecified atom stereocenters. The van der Waals surface area contributed by atoms with Gasteiger partial charge in [-0.2, -0.15) is 0 Å². The average Bonchev–Trinajstić information content (AvgIpc) is 2.22. The molecule has 1 aromatic rings. The summed E-state index contributed by atoms with van der Waals surface area (Å²) in [7, 11) is 0. The molecule has 0 radical (unpaired) electrons. The average molecular weight is 220 g/mol. The Balaban J connectivity index is 2.76. The van der Waals surface area contributed by atoms with Crippen molar-refractivity contribution in [1.29, 1.82) is 0 Å². The molecule has 0 aromatic heterocycles. The molecule has 88 valence electrons. The van der Waals surface area contributed by atoms with Gasteiger partial charge in [0.25, 0.3) is 0 Å². The van der Waals surface area contributed by atoms with E-state index in [2.05, 4.69) is 19.9 Å². The van der Waals surface area contributed by atoms with Gasteiger partial charge >= 0.3 is 5.97 Å². The maximum Gasteiger partial charge on any atom is 0.306 e. The monoisotopic (exact) mass is 220 g/mol. The SMILES string of the molecule is CCCC(=O)OC(C)c1cccc(C)c1C. The van der Waals surface area contributed by atoms with Crippen molar-refractivity contribution in [3.8, 4) is 0 Å². The van der Waals surface area contributed by atoms with Gasteiger partial charge in [-0.3, -0.25) is 4.79 Å². The number of rotatable bonds is 4. The number of hydrogen-bond acceptors (Lipinski definition) is 2. The zero-order valence-electron chi connectivity index (χ0n) is 10.5. The lowest BCUT2D eigenvalue weighted by atomic mass is 10.00. The first-order valence-electron chi connectivity index (χ1n) is 5.81. The van der Waals surface area contributed by atoms with Crippen molar-refractivity contribution >= 4 is 5.97 Å². The zero-order valence-corrected chi connectivity index (χ0v) is 10.5. The van der Waals surface area contributed by atoms with E-state index in [0.29, 0.717) is 6.42 Å². The fourth-order valence-corrected chi connectivity index (χ4v) is 1.74. The third-order valence-corrected chi connectivity index (χ3v) is 2.85. The molecule has 0 saturated carbocycles. The van der Waals surface area contributed by atoms with E-state index >= 15 is 0 Å². The van der Waals surface area contributed by atoms with E-state index in [9.17, 15) is 4.79 Å². The van der Waals surface area contributed by atoms with Gasteiger partial charge in [-0.05, 0) is 43.9 Å². The second-order valence-corrected chi connectivity index (χ2v) is 4.17. The van der Waals surface area contributed by atoms with Gasteiger partial charge in [0.15, 0.2) is 0 Å². The standard InChI is InChI=1S/C14H20O2/c1-5-7-14(15)16-12(4)13-9-6-8-10(2)11(13)3/h6,8-9,12H,5,7H2,1-4H3. The zero-order chi connectivity index (χ0) is 12.1. The van der Waals surface area contributed by atoms with Crippen LogP contribution in [0.2, 0.25) is 0 Å². The molecule has 1 aromatic carbocycles. The summed E-state index contributed by atoms with van der Waals surface area (Å²) in [5.74, 6) is -0.115. The first-order valence-corrected chi connectivity index (χ1v) is 5.81. The molecule has 16 heavy (non-hydrogen) atoms. The van der Waals surface area contributed by atoms with Crippen LogP contribution >= 0.6 is 0 Å². The fourth-order valence-electron chi connectivity index (χ4n) is 1.74. The van der Waals surface area contributed by atoms with Crippen LogP contribution in [0.15, 0.2) is 18.2 Å². The Morgan fingerprint density at radius 1 is 1.38 bits per heavy atom. The van der Waals surface area contributed by atoms with Crippen LogP contribution in [0.25, 0.3) is 0 Å². The number of carbonyl (C=O) groups excluding carboxylic acids is 1. The van der Waals surface area contributed by atoms with E-state index in [1.807, 2.05) is 26.0 Å². The second-order valence-electron chi connectivity index (χ2n) is 4.17. The lowest BCUT2D eigenvalue weighted by Crippen LogP contribution is -2.09. The highest BCUT2D eigenvalue weighted by Gasteiger charge is 2.13. The molecule has 0 heterocycles. The van der Waals surface area contributed by atoms with Crippen molar-refractivity contribution in [2.75, 3.05) is 0 Å². The number of benzene rings is 1. The van der Waals surface area contributed by atoms with Crippen molar-refractivity contribution in [2.24, 2.45) is 0 Å². The summed E-state index contributed by atoms with van der Waals surface area (Å²) < 4.78 is 5.37. The number of aryl methyl sites for hydroxylation is 1. The minimum Gasteiger partial charge on any atom is -0.458 e. The maximum absolute atomic E-state index is 11.4. The predicted octanol–water partition coefficient (Wildman–Crippen LogP) is 3.71. The molecule has 0 aliphatic carbocycles. The van der Waals surface area contributed by atoms with Crippen molar-refractivity contribution < 1.29 is 9.53 Å². The lowest BCUT2D eigenvalue weighted by molar-refractivity contribution is -0.148. The topological polar surface area (TPSA) is 26.3 Å². The maximum atomic E-state index is 11.4. The van der Waals surface area contributed by atoms with Crippen LogP contribution in [-0.4, -0.2) is 5.97 Å². The molecule has 2 nitrogen and oxygen atoms in total. The lowest BCUT2D eigenvalue weighted by Gasteiger charge is -2.16. The van der Waals surface area contributed by atoms with Crippen LogP contribution in [0.4, 0.5) is 0 Å². The van der Waals surface area contributed by atoms with Gasteiger partial charge < -0.3 is 4.74 Å². The van der Waals surface area contributed by atoms with Gasteiger partial charge in [0.05, 0.1) is 0 Å². The summed E-state index contributed by atoms with van der Waals surface area (Å²) in [5, 5.41) is 0.